The molecule has 1 aliphatic rings. The van der Waals surface area contributed by atoms with E-state index >= 15 is 0 Å². The maximum absolute atomic E-state index is 10.8. The van der Waals surface area contributed by atoms with E-state index in [4.69, 9.17) is 23.8 Å². The standard InChI is InChI=1S/C20H15ClN2OS2/c1-11-6-7-17-16(8-11)15(12(2)22-17)10-18-19(24)23(20(25)26-18)14-5-3-4-13(21)9-14/h3-10,24H,1-2H3/b15-10+. The van der Waals surface area contributed by atoms with Gasteiger partial charge in [0.2, 0.25) is 5.88 Å². The first-order valence-electron chi connectivity index (χ1n) is 8.03. The van der Waals surface area contributed by atoms with Crippen molar-refractivity contribution in [1.29, 1.82) is 0 Å². The number of aliphatic imine (C=N–C) groups is 1. The van der Waals surface area contributed by atoms with E-state index < -0.39 is 0 Å². The molecule has 0 saturated carbocycles. The Labute approximate surface area is 165 Å². The molecule has 1 aromatic heterocycles. The molecule has 2 aromatic carbocycles. The van der Waals surface area contributed by atoms with Gasteiger partial charge in [-0.05, 0) is 62.5 Å². The predicted octanol–water partition coefficient (Wildman–Crippen LogP) is 6.58. The third-order valence-electron chi connectivity index (χ3n) is 4.27. The molecule has 0 radical (unpaired) electrons. The third kappa shape index (κ3) is 2.92. The number of rotatable bonds is 2. The fourth-order valence-electron chi connectivity index (χ4n) is 3.03. The lowest BCUT2D eigenvalue weighted by Gasteiger charge is -2.06. The molecular weight excluding hydrogens is 384 g/mol. The number of halogens is 1. The van der Waals surface area contributed by atoms with Gasteiger partial charge in [-0.1, -0.05) is 29.3 Å². The molecular formula is C20H15ClN2OS2. The number of aryl methyl sites for hydroxylation is 1. The number of hydrogen-bond acceptors (Lipinski definition) is 4. The van der Waals surface area contributed by atoms with Crippen LogP contribution in [0.15, 0.2) is 47.5 Å². The lowest BCUT2D eigenvalue weighted by molar-refractivity contribution is 0.441. The third-order valence-corrected chi connectivity index (χ3v) is 5.82. The second-order valence-corrected chi connectivity index (χ2v) is 8.26. The Balaban J connectivity index is 1.86. The van der Waals surface area contributed by atoms with E-state index in [0.29, 0.717) is 13.9 Å². The van der Waals surface area contributed by atoms with Crippen molar-refractivity contribution in [3.63, 3.8) is 0 Å². The van der Waals surface area contributed by atoms with Crippen LogP contribution < -0.4 is 0 Å². The smallest absolute Gasteiger partial charge is 0.215 e. The van der Waals surface area contributed by atoms with Gasteiger partial charge in [0.15, 0.2) is 3.95 Å². The zero-order valence-electron chi connectivity index (χ0n) is 14.2. The Morgan fingerprint density at radius 3 is 2.77 bits per heavy atom. The topological polar surface area (TPSA) is 37.5 Å². The van der Waals surface area contributed by atoms with Crippen molar-refractivity contribution in [3.8, 4) is 11.6 Å². The minimum absolute atomic E-state index is 0.115. The molecule has 3 aromatic rings. The van der Waals surface area contributed by atoms with Crippen LogP contribution in [0.25, 0.3) is 17.3 Å². The van der Waals surface area contributed by atoms with E-state index in [9.17, 15) is 5.11 Å². The fraction of sp³-hybridized carbons (Fsp3) is 0.100. The molecule has 6 heteroatoms. The normalized spacial score (nSPS) is 14.6. The number of nitrogens with zero attached hydrogens (tertiary/aromatic N) is 2. The highest BCUT2D eigenvalue weighted by atomic mass is 35.5. The van der Waals surface area contributed by atoms with Crippen molar-refractivity contribution in [2.75, 3.05) is 0 Å². The number of aromatic nitrogens is 1. The maximum atomic E-state index is 10.8. The van der Waals surface area contributed by atoms with Crippen molar-refractivity contribution in [1.82, 2.24) is 4.57 Å². The summed E-state index contributed by atoms with van der Waals surface area (Å²) in [6.45, 7) is 4.04. The van der Waals surface area contributed by atoms with Gasteiger partial charge in [-0.15, -0.1) is 11.3 Å². The maximum Gasteiger partial charge on any atom is 0.215 e. The summed E-state index contributed by atoms with van der Waals surface area (Å²) in [4.78, 5) is 5.32. The molecule has 0 fully saturated rings. The summed E-state index contributed by atoms with van der Waals surface area (Å²) in [5, 5.41) is 11.4. The molecule has 3 nitrogen and oxygen atoms in total. The van der Waals surface area contributed by atoms with Crippen molar-refractivity contribution < 1.29 is 5.11 Å². The van der Waals surface area contributed by atoms with Crippen LogP contribution >= 0.6 is 35.2 Å². The van der Waals surface area contributed by atoms with E-state index in [0.717, 1.165) is 28.2 Å². The lowest BCUT2D eigenvalue weighted by Crippen LogP contribution is -1.93. The molecule has 1 N–H and O–H groups in total. The quantitative estimate of drug-likeness (QED) is 0.495. The Bertz CT molecular complexity index is 1150. The van der Waals surface area contributed by atoms with E-state index in [1.54, 1.807) is 16.7 Å². The van der Waals surface area contributed by atoms with Crippen molar-refractivity contribution in [2.24, 2.45) is 4.99 Å². The molecule has 0 saturated heterocycles. The molecule has 4 rings (SSSR count). The van der Waals surface area contributed by atoms with Crippen LogP contribution in [-0.4, -0.2) is 15.4 Å². The fourth-order valence-corrected chi connectivity index (χ4v) is 4.51. The molecule has 0 atom stereocenters. The van der Waals surface area contributed by atoms with Crippen molar-refractivity contribution in [2.45, 2.75) is 13.8 Å². The first-order valence-corrected chi connectivity index (χ1v) is 9.63. The minimum Gasteiger partial charge on any atom is -0.493 e. The summed E-state index contributed by atoms with van der Waals surface area (Å²) in [7, 11) is 0. The van der Waals surface area contributed by atoms with Gasteiger partial charge in [0, 0.05) is 21.9 Å². The average molecular weight is 399 g/mol. The van der Waals surface area contributed by atoms with E-state index in [1.165, 1.54) is 16.9 Å². The summed E-state index contributed by atoms with van der Waals surface area (Å²) < 4.78 is 2.20. The van der Waals surface area contributed by atoms with Crippen LogP contribution in [0.4, 0.5) is 5.69 Å². The van der Waals surface area contributed by atoms with Gasteiger partial charge >= 0.3 is 0 Å². The molecule has 0 spiro atoms. The molecule has 0 bridgehead atoms. The van der Waals surface area contributed by atoms with Gasteiger partial charge in [0.25, 0.3) is 0 Å². The minimum atomic E-state index is 0.115. The molecule has 2 heterocycles. The molecule has 0 unspecified atom stereocenters. The molecule has 1 aliphatic heterocycles. The second kappa shape index (κ2) is 6.50. The van der Waals surface area contributed by atoms with Crippen LogP contribution in [0.1, 0.15) is 22.9 Å². The highest BCUT2D eigenvalue weighted by Gasteiger charge is 2.20. The first-order chi connectivity index (χ1) is 12.4. The van der Waals surface area contributed by atoms with Crippen LogP contribution in [0.5, 0.6) is 5.88 Å². The SMILES string of the molecule is CC1=Nc2ccc(C)cc2/C1=C/c1sc(=S)n(-c2cccc(Cl)c2)c1O. The zero-order valence-corrected chi connectivity index (χ0v) is 16.5. The molecule has 0 aliphatic carbocycles. The van der Waals surface area contributed by atoms with Crippen molar-refractivity contribution in [3.05, 3.63) is 67.4 Å². The van der Waals surface area contributed by atoms with Crippen LogP contribution in [0.3, 0.4) is 0 Å². The Kier molecular flexibility index (Phi) is 4.31. The highest BCUT2D eigenvalue weighted by Crippen LogP contribution is 2.39. The van der Waals surface area contributed by atoms with Crippen molar-refractivity contribution >= 4 is 58.2 Å². The zero-order chi connectivity index (χ0) is 18.4. The Hall–Kier alpha value is -2.21. The average Bonchev–Trinajstić information content (AvgIpc) is 3.04. The Morgan fingerprint density at radius 1 is 1.19 bits per heavy atom. The predicted molar refractivity (Wildman–Crippen MR) is 113 cm³/mol. The largest absolute Gasteiger partial charge is 0.493 e. The van der Waals surface area contributed by atoms with Crippen LogP contribution in [-0.2, 0) is 0 Å². The van der Waals surface area contributed by atoms with Gasteiger partial charge in [-0.3, -0.25) is 9.56 Å². The van der Waals surface area contributed by atoms with Crippen LogP contribution in [0, 0.1) is 10.9 Å². The summed E-state index contributed by atoms with van der Waals surface area (Å²) in [6.07, 6.45) is 1.96. The van der Waals surface area contributed by atoms with Gasteiger partial charge in [-0.2, -0.15) is 0 Å². The monoisotopic (exact) mass is 398 g/mol. The highest BCUT2D eigenvalue weighted by molar-refractivity contribution is 7.73. The molecule has 0 amide bonds. The van der Waals surface area contributed by atoms with Gasteiger partial charge < -0.3 is 5.11 Å². The first kappa shape index (κ1) is 17.2. The molecule has 130 valence electrons. The summed E-state index contributed by atoms with van der Waals surface area (Å²) in [6, 6.07) is 13.5. The summed E-state index contributed by atoms with van der Waals surface area (Å²) in [5.41, 5.74) is 5.89. The van der Waals surface area contributed by atoms with Gasteiger partial charge in [-0.25, -0.2) is 0 Å². The molecule has 26 heavy (non-hydrogen) atoms. The summed E-state index contributed by atoms with van der Waals surface area (Å²) in [5.74, 6) is 0.115. The number of aromatic hydroxyl groups is 1. The van der Waals surface area contributed by atoms with E-state index in [1.807, 2.05) is 31.2 Å². The number of thiazole rings is 1. The van der Waals surface area contributed by atoms with Gasteiger partial charge in [0.05, 0.1) is 16.3 Å². The van der Waals surface area contributed by atoms with Gasteiger partial charge in [0.1, 0.15) is 0 Å². The number of hydrogen-bond donors (Lipinski definition) is 1. The van der Waals surface area contributed by atoms with Crippen LogP contribution in [0.2, 0.25) is 5.02 Å². The van der Waals surface area contributed by atoms with E-state index in [2.05, 4.69) is 24.0 Å². The number of allylic oxidation sites excluding steroid dienone is 1. The lowest BCUT2D eigenvalue weighted by atomic mass is 10.0. The summed E-state index contributed by atoms with van der Waals surface area (Å²) >= 11 is 12.9. The number of benzene rings is 2. The Morgan fingerprint density at radius 2 is 2.00 bits per heavy atom. The number of fused-ring (bicyclic) bond motifs is 1. The second-order valence-electron chi connectivity index (χ2n) is 6.15. The van der Waals surface area contributed by atoms with E-state index in [-0.39, 0.29) is 5.88 Å².